The highest BCUT2D eigenvalue weighted by Crippen LogP contribution is 2.49. The molecule has 0 spiro atoms. The smallest absolute Gasteiger partial charge is 0.0961 e. The summed E-state index contributed by atoms with van der Waals surface area (Å²) in [6, 6.07) is 1.99. The quantitative estimate of drug-likeness (QED) is 0.898. The lowest BCUT2D eigenvalue weighted by atomic mass is 9.80. The first kappa shape index (κ1) is 11.6. The molecular formula is C11H16BrNOS. The molecule has 1 aliphatic carbocycles. The van der Waals surface area contributed by atoms with E-state index in [1.807, 2.05) is 11.4 Å². The van der Waals surface area contributed by atoms with E-state index in [1.54, 1.807) is 11.3 Å². The van der Waals surface area contributed by atoms with Gasteiger partial charge < -0.3 is 10.8 Å². The molecule has 0 aromatic carbocycles. The Morgan fingerprint density at radius 3 is 2.67 bits per heavy atom. The maximum absolute atomic E-state index is 10.4. The molecule has 0 bridgehead atoms. The molecule has 1 unspecified atom stereocenters. The second-order valence-electron chi connectivity index (χ2n) is 4.31. The molecule has 1 fully saturated rings. The van der Waals surface area contributed by atoms with Gasteiger partial charge >= 0.3 is 0 Å². The molecule has 0 saturated heterocycles. The van der Waals surface area contributed by atoms with E-state index in [1.165, 1.54) is 12.8 Å². The van der Waals surface area contributed by atoms with E-state index in [0.29, 0.717) is 6.54 Å². The van der Waals surface area contributed by atoms with Crippen LogP contribution >= 0.6 is 27.3 Å². The van der Waals surface area contributed by atoms with Gasteiger partial charge in [0.1, 0.15) is 0 Å². The van der Waals surface area contributed by atoms with Gasteiger partial charge in [0, 0.05) is 21.3 Å². The van der Waals surface area contributed by atoms with Crippen molar-refractivity contribution in [1.29, 1.82) is 0 Å². The molecule has 3 N–H and O–H groups in total. The fourth-order valence-corrected chi connectivity index (χ4v) is 4.16. The predicted octanol–water partition coefficient (Wildman–Crippen LogP) is 3.06. The summed E-state index contributed by atoms with van der Waals surface area (Å²) in [6.45, 7) is 0.582. The van der Waals surface area contributed by atoms with Crippen LogP contribution in [0.3, 0.4) is 0 Å². The molecule has 4 heteroatoms. The molecule has 0 amide bonds. The van der Waals surface area contributed by atoms with Gasteiger partial charge in [0.25, 0.3) is 0 Å². The van der Waals surface area contributed by atoms with Crippen LogP contribution in [-0.4, -0.2) is 11.7 Å². The Morgan fingerprint density at radius 2 is 2.20 bits per heavy atom. The van der Waals surface area contributed by atoms with E-state index in [2.05, 4.69) is 15.9 Å². The summed E-state index contributed by atoms with van der Waals surface area (Å²) in [4.78, 5) is 1.03. The third-order valence-corrected chi connectivity index (χ3v) is 5.40. The summed E-state index contributed by atoms with van der Waals surface area (Å²) >= 11 is 5.08. The van der Waals surface area contributed by atoms with Crippen LogP contribution in [0.1, 0.15) is 36.7 Å². The van der Waals surface area contributed by atoms with E-state index in [0.717, 1.165) is 22.2 Å². The molecule has 2 rings (SSSR count). The molecule has 0 radical (unpaired) electrons. The Kier molecular flexibility index (Phi) is 3.50. The molecule has 1 saturated carbocycles. The highest BCUT2D eigenvalue weighted by Gasteiger charge is 2.41. The summed E-state index contributed by atoms with van der Waals surface area (Å²) in [7, 11) is 0. The number of hydrogen-bond acceptors (Lipinski definition) is 3. The van der Waals surface area contributed by atoms with Crippen LogP contribution in [0, 0.1) is 5.41 Å². The maximum atomic E-state index is 10.4. The number of aliphatic hydroxyl groups excluding tert-OH is 1. The SMILES string of the molecule is NCC1(C(O)c2sccc2Br)CCCC1. The highest BCUT2D eigenvalue weighted by atomic mass is 79.9. The number of nitrogens with two attached hydrogens (primary N) is 1. The Balaban J connectivity index is 2.26. The predicted molar refractivity (Wildman–Crippen MR) is 66.9 cm³/mol. The maximum Gasteiger partial charge on any atom is 0.0961 e. The first-order valence-corrected chi connectivity index (χ1v) is 6.98. The van der Waals surface area contributed by atoms with Gasteiger partial charge in [-0.1, -0.05) is 12.8 Å². The van der Waals surface area contributed by atoms with Crippen molar-refractivity contribution < 1.29 is 5.11 Å². The standard InChI is InChI=1S/C11H16BrNOS/c12-8-3-6-15-9(8)10(14)11(7-13)4-1-2-5-11/h3,6,10,14H,1-2,4-5,7,13H2. The van der Waals surface area contributed by atoms with E-state index >= 15 is 0 Å². The van der Waals surface area contributed by atoms with Gasteiger partial charge in [-0.05, 0) is 40.2 Å². The summed E-state index contributed by atoms with van der Waals surface area (Å²) in [5.41, 5.74) is 5.78. The molecule has 0 aliphatic heterocycles. The molecular weight excluding hydrogens is 274 g/mol. The van der Waals surface area contributed by atoms with Gasteiger partial charge in [0.2, 0.25) is 0 Å². The van der Waals surface area contributed by atoms with Gasteiger partial charge in [0.05, 0.1) is 6.10 Å². The lowest BCUT2D eigenvalue weighted by Gasteiger charge is -2.32. The van der Waals surface area contributed by atoms with Crippen LogP contribution in [0.4, 0.5) is 0 Å². The molecule has 1 aromatic rings. The van der Waals surface area contributed by atoms with Crippen molar-refractivity contribution in [3.05, 3.63) is 20.8 Å². The minimum atomic E-state index is -0.403. The third-order valence-electron chi connectivity index (χ3n) is 3.48. The largest absolute Gasteiger partial charge is 0.387 e. The normalized spacial score (nSPS) is 21.8. The average molecular weight is 290 g/mol. The second kappa shape index (κ2) is 4.53. The topological polar surface area (TPSA) is 46.2 Å². The van der Waals surface area contributed by atoms with Gasteiger partial charge in [0.15, 0.2) is 0 Å². The number of halogens is 1. The first-order chi connectivity index (χ1) is 7.19. The van der Waals surface area contributed by atoms with Crippen molar-refractivity contribution in [3.63, 3.8) is 0 Å². The van der Waals surface area contributed by atoms with Crippen LogP contribution in [0.15, 0.2) is 15.9 Å². The van der Waals surface area contributed by atoms with Crippen LogP contribution in [0.2, 0.25) is 0 Å². The minimum absolute atomic E-state index is 0.0760. The summed E-state index contributed by atoms with van der Waals surface area (Å²) in [5, 5.41) is 12.4. The first-order valence-electron chi connectivity index (χ1n) is 5.31. The van der Waals surface area contributed by atoms with Crippen molar-refractivity contribution in [1.82, 2.24) is 0 Å². The summed E-state index contributed by atoms with van der Waals surface area (Å²) in [6.07, 6.45) is 4.08. The van der Waals surface area contributed by atoms with E-state index < -0.39 is 6.10 Å². The number of aliphatic hydroxyl groups is 1. The van der Waals surface area contributed by atoms with Gasteiger partial charge in [-0.15, -0.1) is 11.3 Å². The molecule has 1 aromatic heterocycles. The Hall–Kier alpha value is 0.100. The summed E-state index contributed by atoms with van der Waals surface area (Å²) in [5.74, 6) is 0. The minimum Gasteiger partial charge on any atom is -0.387 e. The molecule has 1 heterocycles. The Morgan fingerprint density at radius 1 is 1.53 bits per heavy atom. The zero-order valence-electron chi connectivity index (χ0n) is 8.58. The van der Waals surface area contributed by atoms with E-state index in [-0.39, 0.29) is 5.41 Å². The fraction of sp³-hybridized carbons (Fsp3) is 0.636. The monoisotopic (exact) mass is 289 g/mol. The lowest BCUT2D eigenvalue weighted by Crippen LogP contribution is -2.33. The molecule has 1 aliphatic rings. The fourth-order valence-electron chi connectivity index (χ4n) is 2.45. The molecule has 2 nitrogen and oxygen atoms in total. The van der Waals surface area contributed by atoms with Crippen LogP contribution in [0.5, 0.6) is 0 Å². The summed E-state index contributed by atoms with van der Waals surface area (Å²) < 4.78 is 1.01. The van der Waals surface area contributed by atoms with Gasteiger partial charge in [-0.25, -0.2) is 0 Å². The van der Waals surface area contributed by atoms with Gasteiger partial charge in [-0.2, -0.15) is 0 Å². The molecule has 1 atom stereocenters. The highest BCUT2D eigenvalue weighted by molar-refractivity contribution is 9.10. The number of thiophene rings is 1. The second-order valence-corrected chi connectivity index (χ2v) is 6.11. The van der Waals surface area contributed by atoms with Crippen molar-refractivity contribution in [3.8, 4) is 0 Å². The lowest BCUT2D eigenvalue weighted by molar-refractivity contribution is 0.0357. The van der Waals surface area contributed by atoms with Crippen molar-refractivity contribution in [2.24, 2.45) is 11.1 Å². The van der Waals surface area contributed by atoms with Crippen molar-refractivity contribution >= 4 is 27.3 Å². The van der Waals surface area contributed by atoms with Crippen LogP contribution < -0.4 is 5.73 Å². The number of rotatable bonds is 3. The van der Waals surface area contributed by atoms with E-state index in [9.17, 15) is 5.11 Å². The Bertz CT molecular complexity index is 333. The zero-order chi connectivity index (χ0) is 10.9. The zero-order valence-corrected chi connectivity index (χ0v) is 11.0. The number of hydrogen-bond donors (Lipinski definition) is 2. The third kappa shape index (κ3) is 2.00. The molecule has 15 heavy (non-hydrogen) atoms. The van der Waals surface area contributed by atoms with E-state index in [4.69, 9.17) is 5.73 Å². The average Bonchev–Trinajstić information content (AvgIpc) is 2.86. The van der Waals surface area contributed by atoms with Crippen molar-refractivity contribution in [2.45, 2.75) is 31.8 Å². The van der Waals surface area contributed by atoms with Gasteiger partial charge in [-0.3, -0.25) is 0 Å². The van der Waals surface area contributed by atoms with Crippen molar-refractivity contribution in [2.75, 3.05) is 6.54 Å². The Labute approximate surface area is 103 Å². The van der Waals surface area contributed by atoms with Crippen LogP contribution in [-0.2, 0) is 0 Å². The van der Waals surface area contributed by atoms with Crippen LogP contribution in [0.25, 0.3) is 0 Å². The molecule has 84 valence electrons.